The number of nitrogens with one attached hydrogen (secondary N) is 3. The lowest BCUT2D eigenvalue weighted by atomic mass is 9.96. The van der Waals surface area contributed by atoms with Crippen molar-refractivity contribution in [1.29, 1.82) is 0 Å². The van der Waals surface area contributed by atoms with E-state index in [1.54, 1.807) is 24.3 Å². The quantitative estimate of drug-likeness (QED) is 0.743. The van der Waals surface area contributed by atoms with E-state index in [1.807, 2.05) is 32.0 Å². The van der Waals surface area contributed by atoms with Crippen LogP contribution in [0.3, 0.4) is 0 Å². The van der Waals surface area contributed by atoms with Gasteiger partial charge in [-0.2, -0.15) is 0 Å². The summed E-state index contributed by atoms with van der Waals surface area (Å²) in [6.45, 7) is 4.41. The zero-order chi connectivity index (χ0) is 18.6. The average molecular weight is 351 g/mol. The Morgan fingerprint density at radius 2 is 1.77 bits per heavy atom. The molecule has 3 N–H and O–H groups in total. The molecule has 1 aliphatic rings. The van der Waals surface area contributed by atoms with Crippen molar-refractivity contribution >= 4 is 17.6 Å². The average Bonchev–Trinajstić information content (AvgIpc) is 3.41. The largest absolute Gasteiger partial charge is 0.351 e. The molecule has 0 bridgehead atoms. The predicted octanol–water partition coefficient (Wildman–Crippen LogP) is 3.68. The molecule has 0 radical (unpaired) electrons. The Morgan fingerprint density at radius 1 is 1.04 bits per heavy atom. The number of anilines is 1. The van der Waals surface area contributed by atoms with Gasteiger partial charge in [-0.1, -0.05) is 36.4 Å². The highest BCUT2D eigenvalue weighted by Crippen LogP contribution is 2.47. The highest BCUT2D eigenvalue weighted by atomic mass is 16.2. The Hall–Kier alpha value is -2.82. The highest BCUT2D eigenvalue weighted by molar-refractivity contribution is 5.97. The van der Waals surface area contributed by atoms with Crippen LogP contribution in [-0.4, -0.2) is 24.5 Å². The van der Waals surface area contributed by atoms with Crippen molar-refractivity contribution in [2.45, 2.75) is 38.1 Å². The molecule has 136 valence electrons. The van der Waals surface area contributed by atoms with Gasteiger partial charge in [-0.25, -0.2) is 4.79 Å². The molecule has 3 rings (SSSR count). The van der Waals surface area contributed by atoms with Gasteiger partial charge in [0.15, 0.2) is 0 Å². The molecule has 1 fully saturated rings. The minimum atomic E-state index is -0.279. The summed E-state index contributed by atoms with van der Waals surface area (Å²) in [7, 11) is 0. The maximum atomic E-state index is 12.5. The smallest absolute Gasteiger partial charge is 0.319 e. The van der Waals surface area contributed by atoms with Crippen LogP contribution in [0.15, 0.2) is 54.6 Å². The first kappa shape index (κ1) is 18.0. The molecule has 0 aromatic heterocycles. The van der Waals surface area contributed by atoms with Crippen LogP contribution in [0.1, 0.15) is 42.6 Å². The monoisotopic (exact) mass is 351 g/mol. The Bertz CT molecular complexity index is 783. The second kappa shape index (κ2) is 7.60. The summed E-state index contributed by atoms with van der Waals surface area (Å²) < 4.78 is 0. The maximum absolute atomic E-state index is 12.5. The zero-order valence-electron chi connectivity index (χ0n) is 15.2. The van der Waals surface area contributed by atoms with Gasteiger partial charge in [0.05, 0.1) is 0 Å². The van der Waals surface area contributed by atoms with Crippen molar-refractivity contribution in [2.75, 3.05) is 11.9 Å². The Labute approximate surface area is 154 Å². The Morgan fingerprint density at radius 3 is 2.42 bits per heavy atom. The molecule has 5 nitrogen and oxygen atoms in total. The van der Waals surface area contributed by atoms with Gasteiger partial charge in [-0.3, -0.25) is 4.79 Å². The fraction of sp³-hybridized carbons (Fsp3) is 0.333. The Kier molecular flexibility index (Phi) is 5.26. The molecule has 0 heterocycles. The maximum Gasteiger partial charge on any atom is 0.319 e. The molecule has 0 unspecified atom stereocenters. The second-order valence-electron chi connectivity index (χ2n) is 7.16. The summed E-state index contributed by atoms with van der Waals surface area (Å²) in [5, 5.41) is 8.56. The van der Waals surface area contributed by atoms with Crippen LogP contribution < -0.4 is 16.0 Å². The molecule has 1 saturated carbocycles. The molecule has 26 heavy (non-hydrogen) atoms. The summed E-state index contributed by atoms with van der Waals surface area (Å²) in [6.07, 6.45) is 2.18. The number of benzene rings is 2. The molecule has 2 aromatic rings. The van der Waals surface area contributed by atoms with E-state index in [2.05, 4.69) is 28.1 Å². The van der Waals surface area contributed by atoms with Crippen molar-refractivity contribution in [2.24, 2.45) is 0 Å². The molecular formula is C21H25N3O2. The topological polar surface area (TPSA) is 70.2 Å². The third-order valence-electron chi connectivity index (χ3n) is 4.63. The standard InChI is InChI=1S/C21H25N3O2/c1-15(2)23-20(26)24-18-10-6-7-16(13-18)19(25)22-14-21(11-12-21)17-8-4-3-5-9-17/h3-10,13,15H,11-12,14H2,1-2H3,(H,22,25)(H2,23,24,26). The minimum absolute atomic E-state index is 0.0502. The fourth-order valence-corrected chi connectivity index (χ4v) is 3.03. The van der Waals surface area contributed by atoms with Crippen LogP contribution in [0.4, 0.5) is 10.5 Å². The molecular weight excluding hydrogens is 326 g/mol. The van der Waals surface area contributed by atoms with Crippen molar-refractivity contribution in [1.82, 2.24) is 10.6 Å². The van der Waals surface area contributed by atoms with Crippen LogP contribution in [0, 0.1) is 0 Å². The number of rotatable bonds is 6. The van der Waals surface area contributed by atoms with Crippen molar-refractivity contribution < 1.29 is 9.59 Å². The SMILES string of the molecule is CC(C)NC(=O)Nc1cccc(C(=O)NCC2(c3ccccc3)CC2)c1. The Balaban J connectivity index is 1.60. The molecule has 2 aromatic carbocycles. The van der Waals surface area contributed by atoms with E-state index in [0.29, 0.717) is 17.8 Å². The number of carbonyl (C=O) groups excluding carboxylic acids is 2. The number of hydrogen-bond acceptors (Lipinski definition) is 2. The first-order chi connectivity index (χ1) is 12.5. The van der Waals surface area contributed by atoms with Gasteiger partial charge in [-0.05, 0) is 50.5 Å². The van der Waals surface area contributed by atoms with Gasteiger partial charge in [0, 0.05) is 29.3 Å². The predicted molar refractivity (Wildman–Crippen MR) is 103 cm³/mol. The summed E-state index contributed by atoms with van der Waals surface area (Å²) >= 11 is 0. The first-order valence-electron chi connectivity index (χ1n) is 9.00. The molecule has 3 amide bonds. The molecule has 0 saturated heterocycles. The zero-order valence-corrected chi connectivity index (χ0v) is 15.2. The number of carbonyl (C=O) groups is 2. The number of hydrogen-bond donors (Lipinski definition) is 3. The van der Waals surface area contributed by atoms with E-state index in [-0.39, 0.29) is 23.4 Å². The number of urea groups is 1. The molecule has 0 aliphatic heterocycles. The van der Waals surface area contributed by atoms with E-state index in [0.717, 1.165) is 12.8 Å². The second-order valence-corrected chi connectivity index (χ2v) is 7.16. The van der Waals surface area contributed by atoms with Gasteiger partial charge in [0.2, 0.25) is 0 Å². The van der Waals surface area contributed by atoms with Gasteiger partial charge >= 0.3 is 6.03 Å². The molecule has 1 aliphatic carbocycles. The first-order valence-corrected chi connectivity index (χ1v) is 9.00. The van der Waals surface area contributed by atoms with E-state index < -0.39 is 0 Å². The highest BCUT2D eigenvalue weighted by Gasteiger charge is 2.44. The number of amides is 3. The van der Waals surface area contributed by atoms with E-state index in [9.17, 15) is 9.59 Å². The van der Waals surface area contributed by atoms with Crippen LogP contribution in [0.2, 0.25) is 0 Å². The van der Waals surface area contributed by atoms with Crippen LogP contribution in [-0.2, 0) is 5.41 Å². The van der Waals surface area contributed by atoms with E-state index in [4.69, 9.17) is 0 Å². The summed E-state index contributed by atoms with van der Waals surface area (Å²) in [5.41, 5.74) is 2.49. The van der Waals surface area contributed by atoms with Gasteiger partial charge in [-0.15, -0.1) is 0 Å². The van der Waals surface area contributed by atoms with Gasteiger partial charge < -0.3 is 16.0 Å². The summed E-state index contributed by atoms with van der Waals surface area (Å²) in [5.74, 6) is -0.125. The molecule has 0 spiro atoms. The van der Waals surface area contributed by atoms with Gasteiger partial charge in [0.1, 0.15) is 0 Å². The van der Waals surface area contributed by atoms with Crippen molar-refractivity contribution in [3.63, 3.8) is 0 Å². The van der Waals surface area contributed by atoms with Crippen LogP contribution in [0.25, 0.3) is 0 Å². The minimum Gasteiger partial charge on any atom is -0.351 e. The van der Waals surface area contributed by atoms with Crippen molar-refractivity contribution in [3.8, 4) is 0 Å². The fourth-order valence-electron chi connectivity index (χ4n) is 3.03. The third-order valence-corrected chi connectivity index (χ3v) is 4.63. The van der Waals surface area contributed by atoms with Crippen LogP contribution in [0.5, 0.6) is 0 Å². The summed E-state index contributed by atoms with van der Waals surface area (Å²) in [6, 6.07) is 17.1. The molecule has 5 heteroatoms. The van der Waals surface area contributed by atoms with Crippen LogP contribution >= 0.6 is 0 Å². The summed E-state index contributed by atoms with van der Waals surface area (Å²) in [4.78, 5) is 24.3. The third kappa shape index (κ3) is 4.42. The van der Waals surface area contributed by atoms with Gasteiger partial charge in [0.25, 0.3) is 5.91 Å². The normalized spacial score (nSPS) is 14.6. The lowest BCUT2D eigenvalue weighted by molar-refractivity contribution is 0.0949. The lowest BCUT2D eigenvalue weighted by Gasteiger charge is -2.17. The van der Waals surface area contributed by atoms with Crippen molar-refractivity contribution in [3.05, 3.63) is 65.7 Å². The molecule has 0 atom stereocenters. The van der Waals surface area contributed by atoms with E-state index >= 15 is 0 Å². The lowest BCUT2D eigenvalue weighted by Crippen LogP contribution is -2.34. The van der Waals surface area contributed by atoms with E-state index in [1.165, 1.54) is 5.56 Å².